The number of hydrazine groups is 1. The van der Waals surface area contributed by atoms with Gasteiger partial charge in [0.1, 0.15) is 18.3 Å². The van der Waals surface area contributed by atoms with Crippen molar-refractivity contribution in [3.05, 3.63) is 65.1 Å². The first-order valence-corrected chi connectivity index (χ1v) is 9.46. The van der Waals surface area contributed by atoms with E-state index in [0.717, 1.165) is 6.42 Å². The van der Waals surface area contributed by atoms with Crippen LogP contribution in [0.4, 0.5) is 0 Å². The number of hydrogen-bond acceptors (Lipinski definition) is 8. The highest BCUT2D eigenvalue weighted by Crippen LogP contribution is 2.33. The van der Waals surface area contributed by atoms with Crippen molar-refractivity contribution in [3.8, 4) is 11.5 Å². The van der Waals surface area contributed by atoms with Crippen LogP contribution in [0.25, 0.3) is 11.5 Å². The number of aromatic nitrogens is 3. The van der Waals surface area contributed by atoms with E-state index in [0.29, 0.717) is 17.4 Å². The van der Waals surface area contributed by atoms with E-state index in [9.17, 15) is 4.79 Å². The summed E-state index contributed by atoms with van der Waals surface area (Å²) < 4.78 is 5.31. The first-order valence-electron chi connectivity index (χ1n) is 8.58. The van der Waals surface area contributed by atoms with Crippen LogP contribution in [0.15, 0.2) is 58.8 Å². The number of fused-ring (bicyclic) bond motifs is 1. The second-order valence-corrected chi connectivity index (χ2v) is 7.33. The Morgan fingerprint density at radius 2 is 2.22 bits per heavy atom. The number of hydrogen-bond donors (Lipinski definition) is 1. The van der Waals surface area contributed by atoms with Gasteiger partial charge in [0.25, 0.3) is 5.91 Å². The summed E-state index contributed by atoms with van der Waals surface area (Å²) in [6.45, 7) is 0.239. The lowest BCUT2D eigenvalue weighted by Crippen LogP contribution is -2.47. The van der Waals surface area contributed by atoms with Crippen LogP contribution in [0.3, 0.4) is 0 Å². The number of thiophene rings is 1. The zero-order valence-electron chi connectivity index (χ0n) is 14.2. The van der Waals surface area contributed by atoms with E-state index in [-0.39, 0.29) is 24.5 Å². The topological polar surface area (TPSA) is 87.4 Å². The van der Waals surface area contributed by atoms with Crippen LogP contribution in [0.2, 0.25) is 0 Å². The normalized spacial score (nSPS) is 21.7. The van der Waals surface area contributed by atoms with Crippen molar-refractivity contribution in [3.63, 3.8) is 0 Å². The van der Waals surface area contributed by atoms with E-state index in [4.69, 9.17) is 4.52 Å². The summed E-state index contributed by atoms with van der Waals surface area (Å²) in [6, 6.07) is 9.53. The molecule has 3 aromatic rings. The largest absolute Gasteiger partial charge is 0.337 e. The average Bonchev–Trinajstić information content (AvgIpc) is 3.45. The molecule has 0 aliphatic carbocycles. The Morgan fingerprint density at radius 1 is 1.26 bits per heavy atom. The van der Waals surface area contributed by atoms with Crippen molar-refractivity contribution < 1.29 is 9.32 Å². The van der Waals surface area contributed by atoms with Crippen molar-refractivity contribution in [2.45, 2.75) is 25.0 Å². The maximum absolute atomic E-state index is 12.9. The molecule has 27 heavy (non-hydrogen) atoms. The van der Waals surface area contributed by atoms with Crippen molar-refractivity contribution in [1.82, 2.24) is 30.5 Å². The quantitative estimate of drug-likeness (QED) is 0.743. The molecule has 0 aromatic carbocycles. The molecule has 5 heterocycles. The number of amides is 1. The summed E-state index contributed by atoms with van der Waals surface area (Å²) in [5.74, 6) is 0.811. The molecular formula is C18H16N6O2S. The summed E-state index contributed by atoms with van der Waals surface area (Å²) in [5.41, 5.74) is 4.02. The Kier molecular flexibility index (Phi) is 3.95. The lowest BCUT2D eigenvalue weighted by Gasteiger charge is -2.30. The van der Waals surface area contributed by atoms with E-state index in [1.54, 1.807) is 28.6 Å². The highest BCUT2D eigenvalue weighted by Gasteiger charge is 2.40. The molecule has 2 atom stereocenters. The summed E-state index contributed by atoms with van der Waals surface area (Å²) >= 11 is 1.69. The Balaban J connectivity index is 1.30. The van der Waals surface area contributed by atoms with Gasteiger partial charge in [-0.3, -0.25) is 9.78 Å². The second kappa shape index (κ2) is 6.60. The van der Waals surface area contributed by atoms with Gasteiger partial charge in [0.05, 0.1) is 6.04 Å². The van der Waals surface area contributed by atoms with Crippen LogP contribution in [0.5, 0.6) is 0 Å². The Hall–Kier alpha value is -3.04. The number of nitrogens with zero attached hydrogens (tertiary/aromatic N) is 5. The fourth-order valence-electron chi connectivity index (χ4n) is 3.31. The first-order chi connectivity index (χ1) is 13.3. The van der Waals surface area contributed by atoms with E-state index in [1.165, 1.54) is 4.88 Å². The molecule has 5 rings (SSSR count). The Bertz CT molecular complexity index is 971. The predicted octanol–water partition coefficient (Wildman–Crippen LogP) is 2.33. The molecule has 1 fully saturated rings. The molecular weight excluding hydrogens is 364 g/mol. The van der Waals surface area contributed by atoms with E-state index < -0.39 is 0 Å². The van der Waals surface area contributed by atoms with E-state index in [1.807, 2.05) is 40.9 Å². The lowest BCUT2D eigenvalue weighted by molar-refractivity contribution is -0.135. The van der Waals surface area contributed by atoms with Gasteiger partial charge >= 0.3 is 0 Å². The zero-order valence-corrected chi connectivity index (χ0v) is 15.0. The van der Waals surface area contributed by atoms with Crippen LogP contribution in [0, 0.1) is 0 Å². The van der Waals surface area contributed by atoms with Crippen LogP contribution < -0.4 is 5.43 Å². The average molecular weight is 380 g/mol. The summed E-state index contributed by atoms with van der Waals surface area (Å²) in [5, 5.41) is 7.89. The lowest BCUT2D eigenvalue weighted by atomic mass is 10.1. The molecule has 9 heteroatoms. The van der Waals surface area contributed by atoms with Gasteiger partial charge in [0, 0.05) is 29.9 Å². The highest BCUT2D eigenvalue weighted by molar-refractivity contribution is 7.10. The molecule has 0 spiro atoms. The van der Waals surface area contributed by atoms with Crippen molar-refractivity contribution >= 4 is 17.2 Å². The summed E-state index contributed by atoms with van der Waals surface area (Å²) in [4.78, 5) is 24.3. The molecule has 0 radical (unpaired) electrons. The smallest absolute Gasteiger partial charge is 0.251 e. The molecule has 0 bridgehead atoms. The molecule has 3 aromatic heterocycles. The van der Waals surface area contributed by atoms with Crippen LogP contribution in [0.1, 0.15) is 23.2 Å². The van der Waals surface area contributed by atoms with Gasteiger partial charge < -0.3 is 14.4 Å². The van der Waals surface area contributed by atoms with Crippen LogP contribution in [-0.4, -0.2) is 37.0 Å². The van der Waals surface area contributed by atoms with Gasteiger partial charge in [0.2, 0.25) is 11.7 Å². The number of rotatable bonds is 4. The van der Waals surface area contributed by atoms with Gasteiger partial charge in [0.15, 0.2) is 0 Å². The Morgan fingerprint density at radius 3 is 3.04 bits per heavy atom. The Labute approximate surface area is 159 Å². The van der Waals surface area contributed by atoms with Crippen molar-refractivity contribution in [2.24, 2.45) is 0 Å². The van der Waals surface area contributed by atoms with Crippen molar-refractivity contribution in [2.75, 3.05) is 0 Å². The monoisotopic (exact) mass is 380 g/mol. The molecule has 136 valence electrons. The third-order valence-electron chi connectivity index (χ3n) is 4.63. The fourth-order valence-corrected chi connectivity index (χ4v) is 4.09. The summed E-state index contributed by atoms with van der Waals surface area (Å²) in [6.07, 6.45) is 6.03. The van der Waals surface area contributed by atoms with Crippen LogP contribution >= 0.6 is 11.3 Å². The van der Waals surface area contributed by atoms with Gasteiger partial charge in [-0.05, 0) is 23.6 Å². The van der Waals surface area contributed by atoms with Crippen molar-refractivity contribution in [1.29, 1.82) is 0 Å². The predicted molar refractivity (Wildman–Crippen MR) is 97.7 cm³/mol. The van der Waals surface area contributed by atoms with Gasteiger partial charge in [-0.15, -0.1) is 11.3 Å². The first kappa shape index (κ1) is 16.2. The molecule has 0 saturated carbocycles. The number of carbonyl (C=O) groups is 1. The zero-order chi connectivity index (χ0) is 18.2. The van der Waals surface area contributed by atoms with Crippen LogP contribution in [-0.2, 0) is 11.3 Å². The number of carbonyl (C=O) groups excluding carboxylic acids is 1. The molecule has 2 unspecified atom stereocenters. The van der Waals surface area contributed by atoms with E-state index >= 15 is 0 Å². The van der Waals surface area contributed by atoms with Gasteiger partial charge in [-0.1, -0.05) is 17.3 Å². The minimum Gasteiger partial charge on any atom is -0.337 e. The molecule has 8 nitrogen and oxygen atoms in total. The minimum atomic E-state index is -0.236. The molecule has 2 aliphatic heterocycles. The second-order valence-electron chi connectivity index (χ2n) is 6.35. The minimum absolute atomic E-state index is 0.0154. The number of pyridine rings is 1. The maximum Gasteiger partial charge on any atom is 0.251 e. The van der Waals surface area contributed by atoms with Gasteiger partial charge in [-0.25, -0.2) is 5.43 Å². The van der Waals surface area contributed by atoms with E-state index in [2.05, 4.69) is 26.6 Å². The molecule has 1 N–H and O–H groups in total. The SMILES string of the molecule is O=C1C2CC(c3cccs3)NN2C=CN1Cc1nc(-c2ccccn2)no1. The molecule has 1 amide bonds. The third-order valence-corrected chi connectivity index (χ3v) is 5.62. The summed E-state index contributed by atoms with van der Waals surface area (Å²) in [7, 11) is 0. The third kappa shape index (κ3) is 3.00. The molecule has 2 aliphatic rings. The maximum atomic E-state index is 12.9. The van der Waals surface area contributed by atoms with Gasteiger partial charge in [-0.2, -0.15) is 4.98 Å². The number of nitrogens with one attached hydrogen (secondary N) is 1. The molecule has 1 saturated heterocycles. The fraction of sp³-hybridized carbons (Fsp3) is 0.222. The standard InChI is InChI=1S/C18H16N6O2S/c25-18-14-10-13(15-5-3-9-27-15)21-24(14)8-7-23(18)11-16-20-17(22-26-16)12-4-1-2-6-19-12/h1-9,13-14,21H,10-11H2. The highest BCUT2D eigenvalue weighted by atomic mass is 32.1.